The first-order chi connectivity index (χ1) is 8.99. The van der Waals surface area contributed by atoms with Crippen molar-refractivity contribution in [1.82, 2.24) is 19.9 Å². The number of aromatic nitrogens is 3. The van der Waals surface area contributed by atoms with Gasteiger partial charge in [0.05, 0.1) is 11.7 Å². The van der Waals surface area contributed by atoms with Crippen LogP contribution in [-0.4, -0.2) is 31.6 Å². The number of carboxylic acid groups (broad SMARTS) is 1. The quantitative estimate of drug-likeness (QED) is 0.886. The van der Waals surface area contributed by atoms with Gasteiger partial charge in [-0.3, -0.25) is 4.79 Å². The molecule has 1 unspecified atom stereocenters. The maximum Gasteiger partial charge on any atom is 0.355 e. The molecule has 2 rings (SSSR count). The van der Waals surface area contributed by atoms with E-state index < -0.39 is 5.97 Å². The first kappa shape index (κ1) is 13.6. The molecule has 0 saturated heterocycles. The zero-order valence-electron chi connectivity index (χ0n) is 10.1. The predicted molar refractivity (Wildman–Crippen MR) is 69.6 cm³/mol. The van der Waals surface area contributed by atoms with Crippen LogP contribution in [0.5, 0.6) is 0 Å². The molecule has 100 valence electrons. The molecule has 2 aromatic heterocycles. The molecule has 19 heavy (non-hydrogen) atoms. The molecule has 0 radical (unpaired) electrons. The molecule has 0 spiro atoms. The van der Waals surface area contributed by atoms with Gasteiger partial charge in [-0.05, 0) is 25.4 Å². The van der Waals surface area contributed by atoms with E-state index in [2.05, 4.69) is 19.9 Å². The van der Waals surface area contributed by atoms with Crippen molar-refractivity contribution in [1.29, 1.82) is 0 Å². The van der Waals surface area contributed by atoms with Crippen molar-refractivity contribution in [2.45, 2.75) is 19.9 Å². The molecule has 9 heteroatoms. The largest absolute Gasteiger partial charge is 0.476 e. The Morgan fingerprint density at radius 2 is 2.21 bits per heavy atom. The van der Waals surface area contributed by atoms with Crippen LogP contribution in [-0.2, 0) is 0 Å². The van der Waals surface area contributed by atoms with E-state index in [4.69, 9.17) is 5.11 Å². The van der Waals surface area contributed by atoms with Crippen LogP contribution in [0, 0.1) is 6.92 Å². The lowest BCUT2D eigenvalue weighted by Crippen LogP contribution is -2.26. The topological polar surface area (TPSA) is 105 Å². The number of carboxylic acids is 1. The molecule has 0 aliphatic rings. The van der Waals surface area contributed by atoms with Crippen LogP contribution in [0.1, 0.15) is 43.8 Å². The summed E-state index contributed by atoms with van der Waals surface area (Å²) in [6.45, 7) is 3.45. The first-order valence-electron chi connectivity index (χ1n) is 5.27. The third-order valence-corrected chi connectivity index (χ3v) is 4.17. The summed E-state index contributed by atoms with van der Waals surface area (Å²) in [4.78, 5) is 27.1. The van der Waals surface area contributed by atoms with Crippen molar-refractivity contribution in [3.05, 3.63) is 26.7 Å². The van der Waals surface area contributed by atoms with E-state index >= 15 is 0 Å². The highest BCUT2D eigenvalue weighted by atomic mass is 32.1. The van der Waals surface area contributed by atoms with E-state index in [1.54, 1.807) is 13.8 Å². The third-order valence-electron chi connectivity index (χ3n) is 2.32. The summed E-state index contributed by atoms with van der Waals surface area (Å²) in [6, 6.07) is -0.368. The number of thiazole rings is 1. The van der Waals surface area contributed by atoms with Crippen molar-refractivity contribution in [3.8, 4) is 0 Å². The molecule has 0 bridgehead atoms. The number of hydrogen-bond acceptors (Lipinski definition) is 7. The second-order valence-corrected chi connectivity index (χ2v) is 5.40. The zero-order valence-corrected chi connectivity index (χ0v) is 11.7. The van der Waals surface area contributed by atoms with Gasteiger partial charge in [-0.2, -0.15) is 0 Å². The molecule has 1 atom stereocenters. The van der Waals surface area contributed by atoms with Crippen LogP contribution < -0.4 is 5.32 Å². The van der Waals surface area contributed by atoms with Gasteiger partial charge in [0.25, 0.3) is 5.91 Å². The fourth-order valence-corrected chi connectivity index (χ4v) is 2.71. The van der Waals surface area contributed by atoms with E-state index in [1.165, 1.54) is 16.7 Å². The van der Waals surface area contributed by atoms with Gasteiger partial charge in [0, 0.05) is 5.38 Å². The molecule has 0 aliphatic carbocycles. The summed E-state index contributed by atoms with van der Waals surface area (Å²) < 4.78 is 3.69. The Hall–Kier alpha value is -1.87. The monoisotopic (exact) mass is 298 g/mol. The first-order valence-corrected chi connectivity index (χ1v) is 6.93. The van der Waals surface area contributed by atoms with Crippen molar-refractivity contribution < 1.29 is 14.7 Å². The minimum atomic E-state index is -1.08. The predicted octanol–water partition coefficient (Wildman–Crippen LogP) is 1.49. The van der Waals surface area contributed by atoms with E-state index in [0.29, 0.717) is 15.6 Å². The molecule has 0 aromatic carbocycles. The molecule has 2 aromatic rings. The molecule has 0 fully saturated rings. The summed E-state index contributed by atoms with van der Waals surface area (Å²) in [6.07, 6.45) is 0. The molecule has 1 amide bonds. The van der Waals surface area contributed by atoms with Crippen LogP contribution in [0.4, 0.5) is 0 Å². The van der Waals surface area contributed by atoms with Crippen LogP contribution in [0.15, 0.2) is 5.38 Å². The third kappa shape index (κ3) is 2.93. The molecular formula is C10H10N4O3S2. The number of aromatic carboxylic acids is 1. The van der Waals surface area contributed by atoms with Crippen molar-refractivity contribution in [2.24, 2.45) is 0 Å². The normalized spacial score (nSPS) is 12.1. The van der Waals surface area contributed by atoms with Crippen LogP contribution in [0.2, 0.25) is 0 Å². The van der Waals surface area contributed by atoms with E-state index in [-0.39, 0.29) is 17.6 Å². The lowest BCUT2D eigenvalue weighted by atomic mass is 10.3. The lowest BCUT2D eigenvalue weighted by Gasteiger charge is -2.09. The maximum atomic E-state index is 11.9. The second kappa shape index (κ2) is 5.41. The minimum absolute atomic E-state index is 0.0169. The Morgan fingerprint density at radius 1 is 1.47 bits per heavy atom. The fraction of sp³-hybridized carbons (Fsp3) is 0.300. The molecule has 7 nitrogen and oxygen atoms in total. The second-order valence-electron chi connectivity index (χ2n) is 3.76. The molecule has 0 aliphatic heterocycles. The van der Waals surface area contributed by atoms with Crippen molar-refractivity contribution in [2.75, 3.05) is 0 Å². The highest BCUT2D eigenvalue weighted by molar-refractivity contribution is 7.10. The number of nitrogens with zero attached hydrogens (tertiary/aromatic N) is 3. The average Bonchev–Trinajstić information content (AvgIpc) is 2.96. The zero-order chi connectivity index (χ0) is 14.0. The average molecular weight is 298 g/mol. The summed E-state index contributed by atoms with van der Waals surface area (Å²) in [7, 11) is 0. The van der Waals surface area contributed by atoms with Gasteiger partial charge >= 0.3 is 5.97 Å². The smallest absolute Gasteiger partial charge is 0.355 e. The highest BCUT2D eigenvalue weighted by Gasteiger charge is 2.19. The van der Waals surface area contributed by atoms with Gasteiger partial charge in [-0.1, -0.05) is 4.49 Å². The number of nitrogens with one attached hydrogen (secondary N) is 1. The highest BCUT2D eigenvalue weighted by Crippen LogP contribution is 2.19. The Kier molecular flexibility index (Phi) is 3.86. The summed E-state index contributed by atoms with van der Waals surface area (Å²) in [5.74, 6) is -1.37. The fourth-order valence-electron chi connectivity index (χ4n) is 1.35. The van der Waals surface area contributed by atoms with E-state index in [0.717, 1.165) is 11.5 Å². The Bertz CT molecular complexity index is 622. The van der Waals surface area contributed by atoms with Crippen LogP contribution in [0.25, 0.3) is 0 Å². The minimum Gasteiger partial charge on any atom is -0.476 e. The summed E-state index contributed by atoms with van der Waals surface area (Å²) in [5, 5.41) is 17.3. The Balaban J connectivity index is 2.08. The van der Waals surface area contributed by atoms with Gasteiger partial charge in [0.15, 0.2) is 5.69 Å². The standard InChI is InChI=1S/C10H10N4O3S2/c1-4-7(19-14-13-4)8(15)11-5(2)9-12-6(3-18-9)10(16)17/h3,5H,1-2H3,(H,11,15)(H,16,17). The van der Waals surface area contributed by atoms with Gasteiger partial charge in [-0.15, -0.1) is 16.4 Å². The van der Waals surface area contributed by atoms with Crippen LogP contribution in [0.3, 0.4) is 0 Å². The number of hydrogen-bond donors (Lipinski definition) is 2. The van der Waals surface area contributed by atoms with Crippen LogP contribution >= 0.6 is 22.9 Å². The summed E-state index contributed by atoms with van der Waals surface area (Å²) >= 11 is 2.22. The molecule has 2 N–H and O–H groups in total. The van der Waals surface area contributed by atoms with Gasteiger partial charge in [-0.25, -0.2) is 9.78 Å². The SMILES string of the molecule is Cc1nnsc1C(=O)NC(C)c1nc(C(=O)O)cs1. The lowest BCUT2D eigenvalue weighted by molar-refractivity contribution is 0.0691. The Morgan fingerprint density at radius 3 is 2.74 bits per heavy atom. The molecule has 0 saturated carbocycles. The van der Waals surface area contributed by atoms with Crippen molar-refractivity contribution >= 4 is 34.7 Å². The van der Waals surface area contributed by atoms with Gasteiger partial charge < -0.3 is 10.4 Å². The van der Waals surface area contributed by atoms with Gasteiger partial charge in [0.2, 0.25) is 0 Å². The van der Waals surface area contributed by atoms with E-state index in [9.17, 15) is 9.59 Å². The van der Waals surface area contributed by atoms with Crippen molar-refractivity contribution in [3.63, 3.8) is 0 Å². The number of amides is 1. The number of carbonyl (C=O) groups excluding carboxylic acids is 1. The summed E-state index contributed by atoms with van der Waals surface area (Å²) in [5.41, 5.74) is 0.553. The molecule has 2 heterocycles. The van der Waals surface area contributed by atoms with Gasteiger partial charge in [0.1, 0.15) is 9.88 Å². The molecular weight excluding hydrogens is 288 g/mol. The Labute approximate surface area is 116 Å². The number of carbonyl (C=O) groups is 2. The maximum absolute atomic E-state index is 11.9. The number of aryl methyl sites for hydroxylation is 1. The van der Waals surface area contributed by atoms with E-state index in [1.807, 2.05) is 0 Å². The number of rotatable bonds is 4.